The number of carboxylic acid groups (broad SMARTS) is 1. The standard InChI is InChI=1S/C33H29F2N5O5S/c1-40-13-12-38-31(40)23-16-22(46-14-11-25(37)33(41)42)8-10-26(23)44-30-24(34)18-39-32(29(30)35)45-28-15-21(17-36)7-9-27(28)43-19-20-5-3-2-4-6-20/h2-10,12,15-16,18,25,31H,11,13-14,19,37H2,1H3,(H,41,42). The van der Waals surface area contributed by atoms with Crippen molar-refractivity contribution in [3.8, 4) is 34.9 Å². The number of carboxylic acids is 1. The number of ether oxygens (including phenoxy) is 3. The highest BCUT2D eigenvalue weighted by molar-refractivity contribution is 7.99. The Balaban J connectivity index is 1.42. The number of aromatic nitrogens is 1. The summed E-state index contributed by atoms with van der Waals surface area (Å²) < 4.78 is 48.5. The summed E-state index contributed by atoms with van der Waals surface area (Å²) >= 11 is 1.39. The van der Waals surface area contributed by atoms with E-state index in [4.69, 9.17) is 25.1 Å². The van der Waals surface area contributed by atoms with E-state index in [9.17, 15) is 10.1 Å². The summed E-state index contributed by atoms with van der Waals surface area (Å²) in [6.07, 6.45) is 2.27. The van der Waals surface area contributed by atoms with Crippen LogP contribution in [0.3, 0.4) is 0 Å². The fourth-order valence-electron chi connectivity index (χ4n) is 4.47. The first-order chi connectivity index (χ1) is 22.2. The molecule has 2 atom stereocenters. The number of aliphatic carboxylic acids is 1. The number of benzene rings is 3. The number of rotatable bonds is 13. The topological polar surface area (TPSA) is 143 Å². The minimum absolute atomic E-state index is 0.00513. The molecule has 5 rings (SSSR count). The van der Waals surface area contributed by atoms with E-state index < -0.39 is 41.4 Å². The summed E-state index contributed by atoms with van der Waals surface area (Å²) in [5, 5.41) is 18.5. The SMILES string of the molecule is CN1CC=NC1c1cc(SCCC(N)C(=O)O)ccc1Oc1c(F)cnc(Oc2cc(C#N)ccc2OCc2ccccc2)c1F. The van der Waals surface area contributed by atoms with Crippen LogP contribution in [-0.4, -0.2) is 52.6 Å². The second-order valence-corrected chi connectivity index (χ2v) is 11.4. The van der Waals surface area contributed by atoms with Crippen LogP contribution in [0.4, 0.5) is 8.78 Å². The Morgan fingerprint density at radius 1 is 1.13 bits per heavy atom. The number of thioether (sulfide) groups is 1. The molecular formula is C33H29F2N5O5S. The van der Waals surface area contributed by atoms with E-state index in [0.717, 1.165) is 16.7 Å². The van der Waals surface area contributed by atoms with Crippen molar-refractivity contribution >= 4 is 23.9 Å². The lowest BCUT2D eigenvalue weighted by Crippen LogP contribution is -2.30. The van der Waals surface area contributed by atoms with Crippen LogP contribution >= 0.6 is 11.8 Å². The van der Waals surface area contributed by atoms with Gasteiger partial charge in [-0.25, -0.2) is 9.37 Å². The molecule has 2 heterocycles. The molecule has 4 aromatic rings. The van der Waals surface area contributed by atoms with Crippen molar-refractivity contribution in [2.45, 2.75) is 30.1 Å². The first kappa shape index (κ1) is 32.4. The van der Waals surface area contributed by atoms with Crippen molar-refractivity contribution in [2.75, 3.05) is 19.3 Å². The molecule has 3 aromatic carbocycles. The molecule has 0 fully saturated rings. The highest BCUT2D eigenvalue weighted by Crippen LogP contribution is 2.41. The van der Waals surface area contributed by atoms with Crippen molar-refractivity contribution in [3.63, 3.8) is 0 Å². The van der Waals surface area contributed by atoms with Gasteiger partial charge in [0.15, 0.2) is 17.3 Å². The second kappa shape index (κ2) is 14.8. The van der Waals surface area contributed by atoms with Crippen molar-refractivity contribution in [2.24, 2.45) is 10.7 Å². The summed E-state index contributed by atoms with van der Waals surface area (Å²) in [6.45, 7) is 0.736. The van der Waals surface area contributed by atoms with Gasteiger partial charge in [0.1, 0.15) is 24.6 Å². The highest BCUT2D eigenvalue weighted by Gasteiger charge is 2.27. The van der Waals surface area contributed by atoms with Gasteiger partial charge in [0.25, 0.3) is 5.88 Å². The van der Waals surface area contributed by atoms with Gasteiger partial charge in [0, 0.05) is 35.0 Å². The number of hydrogen-bond donors (Lipinski definition) is 2. The molecule has 0 bridgehead atoms. The average molecular weight is 646 g/mol. The van der Waals surface area contributed by atoms with Crippen LogP contribution in [0.15, 0.2) is 82.8 Å². The lowest BCUT2D eigenvalue weighted by molar-refractivity contribution is -0.138. The predicted molar refractivity (Wildman–Crippen MR) is 167 cm³/mol. The maximum Gasteiger partial charge on any atom is 0.320 e. The van der Waals surface area contributed by atoms with E-state index in [1.807, 2.05) is 48.3 Å². The Bertz CT molecular complexity index is 1790. The summed E-state index contributed by atoms with van der Waals surface area (Å²) in [7, 11) is 1.85. The summed E-state index contributed by atoms with van der Waals surface area (Å²) in [4.78, 5) is 22.1. The van der Waals surface area contributed by atoms with E-state index >= 15 is 8.78 Å². The zero-order valence-electron chi connectivity index (χ0n) is 24.6. The van der Waals surface area contributed by atoms with Crippen LogP contribution < -0.4 is 19.9 Å². The van der Waals surface area contributed by atoms with Gasteiger partial charge in [-0.05, 0) is 49.4 Å². The summed E-state index contributed by atoms with van der Waals surface area (Å²) in [6, 6.07) is 19.8. The molecular weight excluding hydrogens is 616 g/mol. The molecule has 1 aromatic heterocycles. The van der Waals surface area contributed by atoms with Crippen molar-refractivity contribution in [1.29, 1.82) is 5.26 Å². The van der Waals surface area contributed by atoms with Crippen molar-refractivity contribution in [1.82, 2.24) is 9.88 Å². The van der Waals surface area contributed by atoms with E-state index in [1.54, 1.807) is 24.4 Å². The summed E-state index contributed by atoms with van der Waals surface area (Å²) in [5.74, 6) is -3.86. The van der Waals surface area contributed by atoms with Gasteiger partial charge in [-0.2, -0.15) is 9.65 Å². The first-order valence-corrected chi connectivity index (χ1v) is 15.1. The van der Waals surface area contributed by atoms with E-state index in [-0.39, 0.29) is 35.8 Å². The Morgan fingerprint density at radius 2 is 1.91 bits per heavy atom. The van der Waals surface area contributed by atoms with Crippen LogP contribution in [0.25, 0.3) is 0 Å². The monoisotopic (exact) mass is 645 g/mol. The van der Waals surface area contributed by atoms with Crippen LogP contribution in [0.2, 0.25) is 0 Å². The van der Waals surface area contributed by atoms with Crippen LogP contribution in [0.1, 0.15) is 29.3 Å². The molecule has 2 unspecified atom stereocenters. The Morgan fingerprint density at radius 3 is 2.63 bits per heavy atom. The van der Waals surface area contributed by atoms with Crippen molar-refractivity contribution in [3.05, 3.63) is 101 Å². The zero-order valence-corrected chi connectivity index (χ0v) is 25.4. The molecule has 1 aliphatic heterocycles. The Hall–Kier alpha value is -5.03. The maximum atomic E-state index is 15.9. The van der Waals surface area contributed by atoms with E-state index in [0.29, 0.717) is 17.9 Å². The third kappa shape index (κ3) is 7.78. The molecule has 1 aliphatic rings. The third-order valence-corrected chi connectivity index (χ3v) is 7.96. The van der Waals surface area contributed by atoms with E-state index in [1.165, 1.54) is 30.0 Å². The van der Waals surface area contributed by atoms with Gasteiger partial charge >= 0.3 is 5.97 Å². The normalized spacial score (nSPS) is 14.9. The number of hydrogen-bond acceptors (Lipinski definition) is 10. The first-order valence-electron chi connectivity index (χ1n) is 14.1. The molecule has 3 N–H and O–H groups in total. The number of pyridine rings is 1. The number of nitriles is 1. The lowest BCUT2D eigenvalue weighted by atomic mass is 10.1. The number of nitrogens with zero attached hydrogens (tertiary/aromatic N) is 4. The quantitative estimate of drug-likeness (QED) is 0.159. The summed E-state index contributed by atoms with van der Waals surface area (Å²) in [5.41, 5.74) is 7.27. The van der Waals surface area contributed by atoms with Crippen LogP contribution in [-0.2, 0) is 11.4 Å². The fourth-order valence-corrected chi connectivity index (χ4v) is 5.45. The molecule has 236 valence electrons. The van der Waals surface area contributed by atoms with Crippen LogP contribution in [0.5, 0.6) is 28.9 Å². The lowest BCUT2D eigenvalue weighted by Gasteiger charge is -2.22. The minimum atomic E-state index is -1.20. The minimum Gasteiger partial charge on any atom is -0.485 e. The predicted octanol–water partition coefficient (Wildman–Crippen LogP) is 6.30. The van der Waals surface area contributed by atoms with Crippen LogP contribution in [0, 0.1) is 23.0 Å². The zero-order chi connectivity index (χ0) is 32.6. The fraction of sp³-hybridized carbons (Fsp3) is 0.212. The van der Waals surface area contributed by atoms with Gasteiger partial charge in [-0.1, -0.05) is 30.3 Å². The second-order valence-electron chi connectivity index (χ2n) is 10.2. The molecule has 0 radical (unpaired) electrons. The van der Waals surface area contributed by atoms with Gasteiger partial charge in [-0.3, -0.25) is 14.7 Å². The van der Waals surface area contributed by atoms with Gasteiger partial charge in [0.2, 0.25) is 11.6 Å². The Kier molecular flexibility index (Phi) is 10.4. The van der Waals surface area contributed by atoms with E-state index in [2.05, 4.69) is 9.98 Å². The van der Waals surface area contributed by atoms with Gasteiger partial charge in [-0.15, -0.1) is 11.8 Å². The van der Waals surface area contributed by atoms with Gasteiger partial charge in [0.05, 0.1) is 17.8 Å². The molecule has 0 saturated carbocycles. The molecule has 0 amide bonds. The van der Waals surface area contributed by atoms with Crippen molar-refractivity contribution < 1.29 is 32.9 Å². The molecule has 46 heavy (non-hydrogen) atoms. The maximum absolute atomic E-state index is 15.9. The number of nitrogens with two attached hydrogens (primary N) is 1. The number of carbonyl (C=O) groups is 1. The van der Waals surface area contributed by atoms with Gasteiger partial charge < -0.3 is 25.1 Å². The highest BCUT2D eigenvalue weighted by atomic mass is 32.2. The molecule has 10 nitrogen and oxygen atoms in total. The molecule has 0 spiro atoms. The largest absolute Gasteiger partial charge is 0.485 e. The Labute approximate surface area is 268 Å². The molecule has 0 saturated heterocycles. The average Bonchev–Trinajstić information content (AvgIpc) is 3.49. The molecule has 13 heteroatoms. The third-order valence-electron chi connectivity index (χ3n) is 6.94. The number of halogens is 2. The molecule has 0 aliphatic carbocycles. The number of aliphatic imine (C=N–C) groups is 1. The smallest absolute Gasteiger partial charge is 0.320 e.